The summed E-state index contributed by atoms with van der Waals surface area (Å²) >= 11 is 0. The molecular formula is C12H24N2O. The second-order valence-corrected chi connectivity index (χ2v) is 5.25. The topological polar surface area (TPSA) is 49.5 Å². The van der Waals surface area contributed by atoms with E-state index in [4.69, 9.17) is 10.8 Å². The fourth-order valence-corrected chi connectivity index (χ4v) is 3.24. The first-order valence-corrected chi connectivity index (χ1v) is 6.37. The Hall–Kier alpha value is -0.120. The van der Waals surface area contributed by atoms with Crippen molar-refractivity contribution in [3.05, 3.63) is 0 Å². The monoisotopic (exact) mass is 212 g/mol. The largest absolute Gasteiger partial charge is 0.396 e. The van der Waals surface area contributed by atoms with E-state index in [0.29, 0.717) is 12.5 Å². The number of aliphatic hydroxyl groups is 1. The van der Waals surface area contributed by atoms with E-state index in [2.05, 4.69) is 4.90 Å². The van der Waals surface area contributed by atoms with Crippen molar-refractivity contribution in [2.75, 3.05) is 26.2 Å². The molecule has 3 heteroatoms. The lowest BCUT2D eigenvalue weighted by molar-refractivity contribution is 0.0491. The zero-order chi connectivity index (χ0) is 10.7. The number of aliphatic hydroxyl groups excluding tert-OH is 1. The van der Waals surface area contributed by atoms with E-state index in [-0.39, 0.29) is 5.54 Å². The van der Waals surface area contributed by atoms with Gasteiger partial charge in [0.25, 0.3) is 0 Å². The van der Waals surface area contributed by atoms with Crippen LogP contribution in [0.25, 0.3) is 0 Å². The van der Waals surface area contributed by atoms with Crippen molar-refractivity contribution in [2.45, 2.75) is 44.1 Å². The van der Waals surface area contributed by atoms with Gasteiger partial charge in [0, 0.05) is 18.7 Å². The molecule has 0 aromatic carbocycles. The summed E-state index contributed by atoms with van der Waals surface area (Å²) in [5.41, 5.74) is 6.28. The third kappa shape index (κ3) is 2.19. The van der Waals surface area contributed by atoms with Crippen molar-refractivity contribution >= 4 is 0 Å². The predicted octanol–water partition coefficient (Wildman–Crippen LogP) is 0.962. The van der Waals surface area contributed by atoms with E-state index in [1.165, 1.54) is 38.8 Å². The van der Waals surface area contributed by atoms with E-state index in [9.17, 15) is 0 Å². The van der Waals surface area contributed by atoms with Crippen molar-refractivity contribution in [1.82, 2.24) is 4.90 Å². The molecule has 1 saturated carbocycles. The lowest BCUT2D eigenvalue weighted by Gasteiger charge is -2.45. The Kier molecular flexibility index (Phi) is 3.65. The molecule has 0 bridgehead atoms. The van der Waals surface area contributed by atoms with Gasteiger partial charge in [-0.3, -0.25) is 4.90 Å². The highest BCUT2D eigenvalue weighted by Crippen LogP contribution is 2.37. The quantitative estimate of drug-likeness (QED) is 0.732. The molecule has 1 aliphatic carbocycles. The summed E-state index contributed by atoms with van der Waals surface area (Å²) in [6.07, 6.45) is 7.37. The van der Waals surface area contributed by atoms with Crippen LogP contribution in [0.5, 0.6) is 0 Å². The van der Waals surface area contributed by atoms with Gasteiger partial charge in [0.05, 0.1) is 0 Å². The molecule has 1 aliphatic heterocycles. The fourth-order valence-electron chi connectivity index (χ4n) is 3.24. The number of likely N-dealkylation sites (tertiary alicyclic amines) is 1. The van der Waals surface area contributed by atoms with Crippen LogP contribution in [-0.2, 0) is 0 Å². The summed E-state index contributed by atoms with van der Waals surface area (Å²) in [5.74, 6) is 0.535. The van der Waals surface area contributed by atoms with Gasteiger partial charge in [-0.05, 0) is 57.5 Å². The number of nitrogens with zero attached hydrogens (tertiary/aromatic N) is 1. The number of rotatable bonds is 3. The molecule has 0 aromatic rings. The molecule has 0 atom stereocenters. The number of nitrogens with two attached hydrogens (primary N) is 1. The molecule has 1 heterocycles. The van der Waals surface area contributed by atoms with Crippen molar-refractivity contribution in [1.29, 1.82) is 0 Å². The highest BCUT2D eigenvalue weighted by atomic mass is 16.3. The average molecular weight is 212 g/mol. The number of hydrogen-bond acceptors (Lipinski definition) is 3. The van der Waals surface area contributed by atoms with E-state index in [1.807, 2.05) is 0 Å². The molecule has 2 fully saturated rings. The number of hydrogen-bond donors (Lipinski definition) is 2. The summed E-state index contributed by atoms with van der Waals surface area (Å²) in [5, 5.41) is 9.15. The molecule has 0 spiro atoms. The van der Waals surface area contributed by atoms with Crippen molar-refractivity contribution < 1.29 is 5.11 Å². The van der Waals surface area contributed by atoms with E-state index in [0.717, 1.165) is 19.4 Å². The Balaban J connectivity index is 1.97. The maximum absolute atomic E-state index is 9.15. The van der Waals surface area contributed by atoms with Crippen LogP contribution in [0.1, 0.15) is 38.5 Å². The summed E-state index contributed by atoms with van der Waals surface area (Å²) in [6.45, 7) is 3.63. The molecule has 0 radical (unpaired) electrons. The second kappa shape index (κ2) is 4.81. The van der Waals surface area contributed by atoms with Gasteiger partial charge in [0.1, 0.15) is 0 Å². The fraction of sp³-hybridized carbons (Fsp3) is 1.00. The summed E-state index contributed by atoms with van der Waals surface area (Å²) < 4.78 is 0. The maximum atomic E-state index is 9.15. The minimum atomic E-state index is 0.280. The first-order chi connectivity index (χ1) is 7.30. The molecule has 15 heavy (non-hydrogen) atoms. The first-order valence-electron chi connectivity index (χ1n) is 6.37. The second-order valence-electron chi connectivity index (χ2n) is 5.25. The van der Waals surface area contributed by atoms with Crippen LogP contribution in [-0.4, -0.2) is 41.8 Å². The molecule has 3 nitrogen and oxygen atoms in total. The molecular weight excluding hydrogens is 188 g/mol. The van der Waals surface area contributed by atoms with E-state index < -0.39 is 0 Å². The standard InChI is InChI=1S/C12H24N2O/c13-10-12(14-7-1-2-8-14)5-3-11(9-15)4-6-12/h11,15H,1-10,13H2. The van der Waals surface area contributed by atoms with Gasteiger partial charge in [-0.15, -0.1) is 0 Å². The van der Waals surface area contributed by atoms with Gasteiger partial charge in [-0.25, -0.2) is 0 Å². The zero-order valence-electron chi connectivity index (χ0n) is 9.62. The lowest BCUT2D eigenvalue weighted by Crippen LogP contribution is -2.54. The predicted molar refractivity (Wildman–Crippen MR) is 61.6 cm³/mol. The van der Waals surface area contributed by atoms with Crippen molar-refractivity contribution in [2.24, 2.45) is 11.7 Å². The molecule has 88 valence electrons. The van der Waals surface area contributed by atoms with Crippen LogP contribution in [0.3, 0.4) is 0 Å². The van der Waals surface area contributed by atoms with E-state index in [1.54, 1.807) is 0 Å². The van der Waals surface area contributed by atoms with Gasteiger partial charge in [-0.1, -0.05) is 0 Å². The van der Waals surface area contributed by atoms with Crippen LogP contribution in [0.4, 0.5) is 0 Å². The lowest BCUT2D eigenvalue weighted by atomic mass is 9.75. The normalized spacial score (nSPS) is 38.4. The molecule has 0 unspecified atom stereocenters. The van der Waals surface area contributed by atoms with Crippen LogP contribution in [0, 0.1) is 5.92 Å². The van der Waals surface area contributed by atoms with Crippen LogP contribution in [0.15, 0.2) is 0 Å². The van der Waals surface area contributed by atoms with Crippen LogP contribution in [0.2, 0.25) is 0 Å². The Morgan fingerprint density at radius 3 is 2.27 bits per heavy atom. The minimum absolute atomic E-state index is 0.280. The Morgan fingerprint density at radius 2 is 1.80 bits per heavy atom. The first kappa shape index (κ1) is 11.4. The molecule has 3 N–H and O–H groups in total. The Bertz CT molecular complexity index is 194. The van der Waals surface area contributed by atoms with Gasteiger partial charge >= 0.3 is 0 Å². The Labute approximate surface area is 92.6 Å². The third-order valence-electron chi connectivity index (χ3n) is 4.45. The summed E-state index contributed by atoms with van der Waals surface area (Å²) in [7, 11) is 0. The smallest absolute Gasteiger partial charge is 0.0459 e. The molecule has 1 saturated heterocycles. The average Bonchev–Trinajstić information content (AvgIpc) is 2.83. The summed E-state index contributed by atoms with van der Waals surface area (Å²) in [4.78, 5) is 2.61. The maximum Gasteiger partial charge on any atom is 0.0459 e. The zero-order valence-corrected chi connectivity index (χ0v) is 9.62. The minimum Gasteiger partial charge on any atom is -0.396 e. The SMILES string of the molecule is NCC1(N2CCCC2)CCC(CO)CC1. The highest BCUT2D eigenvalue weighted by Gasteiger charge is 2.39. The van der Waals surface area contributed by atoms with Gasteiger partial charge in [0.2, 0.25) is 0 Å². The molecule has 0 amide bonds. The summed E-state index contributed by atoms with van der Waals surface area (Å²) in [6, 6.07) is 0. The Morgan fingerprint density at radius 1 is 1.20 bits per heavy atom. The van der Waals surface area contributed by atoms with Gasteiger partial charge in [0.15, 0.2) is 0 Å². The van der Waals surface area contributed by atoms with Crippen molar-refractivity contribution in [3.63, 3.8) is 0 Å². The highest BCUT2D eigenvalue weighted by molar-refractivity contribution is 4.97. The van der Waals surface area contributed by atoms with Crippen LogP contribution >= 0.6 is 0 Å². The van der Waals surface area contributed by atoms with E-state index >= 15 is 0 Å². The van der Waals surface area contributed by atoms with Gasteiger partial charge < -0.3 is 10.8 Å². The third-order valence-corrected chi connectivity index (χ3v) is 4.45. The molecule has 2 aliphatic rings. The van der Waals surface area contributed by atoms with Crippen LogP contribution < -0.4 is 5.73 Å². The molecule has 0 aromatic heterocycles. The molecule has 2 rings (SSSR count). The van der Waals surface area contributed by atoms with Gasteiger partial charge in [-0.2, -0.15) is 0 Å². The van der Waals surface area contributed by atoms with Crippen molar-refractivity contribution in [3.8, 4) is 0 Å².